The zero-order valence-electron chi connectivity index (χ0n) is 8.04. The van der Waals surface area contributed by atoms with Gasteiger partial charge in [-0.15, -0.1) is 0 Å². The van der Waals surface area contributed by atoms with E-state index in [1.807, 2.05) is 0 Å². The second-order valence-electron chi connectivity index (χ2n) is 2.82. The summed E-state index contributed by atoms with van der Waals surface area (Å²) >= 11 is 0. The molecule has 6 heteroatoms. The maximum Gasteiger partial charge on any atom is 0.266 e. The number of pyridine rings is 1. The van der Waals surface area contributed by atoms with E-state index >= 15 is 0 Å². The predicted molar refractivity (Wildman–Crippen MR) is 53.3 cm³/mol. The van der Waals surface area contributed by atoms with E-state index in [9.17, 15) is 8.42 Å². The van der Waals surface area contributed by atoms with Crippen molar-refractivity contribution in [3.05, 3.63) is 17.5 Å². The van der Waals surface area contributed by atoms with E-state index < -0.39 is 9.05 Å². The molecule has 1 heterocycles. The Morgan fingerprint density at radius 2 is 2.00 bits per heavy atom. The fourth-order valence-electron chi connectivity index (χ4n) is 1.23. The molecule has 1 aromatic heterocycles. The van der Waals surface area contributed by atoms with Crippen molar-refractivity contribution in [2.24, 2.45) is 0 Å². The third-order valence-electron chi connectivity index (χ3n) is 1.70. The molecule has 0 fully saturated rings. The Bertz CT molecular complexity index is 456. The predicted octanol–water partition coefficient (Wildman–Crippen LogP) is 1.63. The highest BCUT2D eigenvalue weighted by atomic mass is 35.7. The number of aromatic nitrogens is 1. The van der Waals surface area contributed by atoms with Crippen molar-refractivity contribution in [3.8, 4) is 5.75 Å². The van der Waals surface area contributed by atoms with E-state index in [4.69, 9.17) is 15.4 Å². The zero-order valence-corrected chi connectivity index (χ0v) is 9.61. The Balaban J connectivity index is 3.57. The maximum absolute atomic E-state index is 11.2. The van der Waals surface area contributed by atoms with Gasteiger partial charge in [0, 0.05) is 22.4 Å². The van der Waals surface area contributed by atoms with Crippen molar-refractivity contribution >= 4 is 19.7 Å². The highest BCUT2D eigenvalue weighted by Crippen LogP contribution is 2.29. The fraction of sp³-hybridized carbons (Fsp3) is 0.375. The SMILES string of the molecule is COc1cc(C)nc(C)c1S(=O)(=O)Cl. The summed E-state index contributed by atoms with van der Waals surface area (Å²) in [6.07, 6.45) is 0. The summed E-state index contributed by atoms with van der Waals surface area (Å²) in [6, 6.07) is 1.53. The molecule has 0 aromatic carbocycles. The Morgan fingerprint density at radius 3 is 2.43 bits per heavy atom. The Kier molecular flexibility index (Phi) is 3.01. The van der Waals surface area contributed by atoms with Gasteiger partial charge in [-0.3, -0.25) is 4.98 Å². The van der Waals surface area contributed by atoms with Gasteiger partial charge in [0.05, 0.1) is 12.8 Å². The molecule has 0 saturated heterocycles. The van der Waals surface area contributed by atoms with Crippen LogP contribution >= 0.6 is 10.7 Å². The molecule has 1 aromatic rings. The zero-order chi connectivity index (χ0) is 10.9. The second kappa shape index (κ2) is 3.74. The normalized spacial score (nSPS) is 11.4. The smallest absolute Gasteiger partial charge is 0.266 e. The maximum atomic E-state index is 11.2. The molecule has 0 atom stereocenters. The van der Waals surface area contributed by atoms with E-state index in [0.717, 1.165) is 0 Å². The van der Waals surface area contributed by atoms with Crippen molar-refractivity contribution in [1.82, 2.24) is 4.98 Å². The van der Waals surface area contributed by atoms with Crippen LogP contribution in [0.1, 0.15) is 11.4 Å². The molecule has 0 spiro atoms. The van der Waals surface area contributed by atoms with Crippen molar-refractivity contribution in [2.45, 2.75) is 18.7 Å². The first-order chi connectivity index (χ1) is 6.36. The van der Waals surface area contributed by atoms with E-state index in [1.54, 1.807) is 13.8 Å². The second-order valence-corrected chi connectivity index (χ2v) is 5.32. The van der Waals surface area contributed by atoms with Gasteiger partial charge in [0.15, 0.2) is 0 Å². The van der Waals surface area contributed by atoms with Crippen LogP contribution in [-0.4, -0.2) is 20.5 Å². The van der Waals surface area contributed by atoms with E-state index in [0.29, 0.717) is 11.4 Å². The molecular formula is C8H10ClNO3S. The number of aryl methyl sites for hydroxylation is 2. The van der Waals surface area contributed by atoms with Crippen molar-refractivity contribution in [2.75, 3.05) is 7.11 Å². The number of hydrogen-bond donors (Lipinski definition) is 0. The van der Waals surface area contributed by atoms with Crippen molar-refractivity contribution in [3.63, 3.8) is 0 Å². The summed E-state index contributed by atoms with van der Waals surface area (Å²) < 4.78 is 27.3. The molecule has 0 amide bonds. The summed E-state index contributed by atoms with van der Waals surface area (Å²) in [5.74, 6) is 0.227. The number of nitrogens with zero attached hydrogens (tertiary/aromatic N) is 1. The van der Waals surface area contributed by atoms with Crippen LogP contribution in [0, 0.1) is 13.8 Å². The lowest BCUT2D eigenvalue weighted by Crippen LogP contribution is -2.02. The van der Waals surface area contributed by atoms with Crippen LogP contribution in [0.3, 0.4) is 0 Å². The van der Waals surface area contributed by atoms with Gasteiger partial charge >= 0.3 is 0 Å². The molecule has 0 aliphatic carbocycles. The number of rotatable bonds is 2. The monoisotopic (exact) mass is 235 g/mol. The highest BCUT2D eigenvalue weighted by Gasteiger charge is 2.20. The van der Waals surface area contributed by atoms with E-state index in [-0.39, 0.29) is 10.6 Å². The molecule has 0 bridgehead atoms. The number of halogens is 1. The quantitative estimate of drug-likeness (QED) is 0.732. The van der Waals surface area contributed by atoms with Gasteiger partial charge in [0.25, 0.3) is 9.05 Å². The van der Waals surface area contributed by atoms with Gasteiger partial charge in [0.2, 0.25) is 0 Å². The minimum absolute atomic E-state index is 0.0627. The molecule has 0 saturated carbocycles. The lowest BCUT2D eigenvalue weighted by molar-refractivity contribution is 0.401. The third kappa shape index (κ3) is 2.16. The van der Waals surface area contributed by atoms with Gasteiger partial charge in [-0.2, -0.15) is 0 Å². The van der Waals surface area contributed by atoms with Crippen LogP contribution in [0.2, 0.25) is 0 Å². The minimum Gasteiger partial charge on any atom is -0.495 e. The molecule has 14 heavy (non-hydrogen) atoms. The first-order valence-corrected chi connectivity index (χ1v) is 6.14. The Labute approximate surface area is 87.3 Å². The first-order valence-electron chi connectivity index (χ1n) is 3.83. The van der Waals surface area contributed by atoms with Crippen LogP contribution in [0.15, 0.2) is 11.0 Å². The van der Waals surface area contributed by atoms with Gasteiger partial charge in [-0.05, 0) is 13.8 Å². The lowest BCUT2D eigenvalue weighted by Gasteiger charge is -2.08. The topological polar surface area (TPSA) is 56.3 Å². The molecule has 0 N–H and O–H groups in total. The Morgan fingerprint density at radius 1 is 1.43 bits per heavy atom. The molecular weight excluding hydrogens is 226 g/mol. The van der Waals surface area contributed by atoms with Gasteiger partial charge < -0.3 is 4.74 Å². The standard InChI is InChI=1S/C8H10ClNO3S/c1-5-4-7(13-3)8(6(2)10-5)14(9,11)12/h4H,1-3H3. The van der Waals surface area contributed by atoms with Crippen molar-refractivity contribution in [1.29, 1.82) is 0 Å². The van der Waals surface area contributed by atoms with Gasteiger partial charge in [-0.1, -0.05) is 0 Å². The summed E-state index contributed by atoms with van der Waals surface area (Å²) in [7, 11) is 2.83. The summed E-state index contributed by atoms with van der Waals surface area (Å²) in [5, 5.41) is 0. The largest absolute Gasteiger partial charge is 0.495 e. The lowest BCUT2D eigenvalue weighted by atomic mass is 10.3. The van der Waals surface area contributed by atoms with Gasteiger partial charge in [-0.25, -0.2) is 8.42 Å². The molecule has 0 aliphatic rings. The fourth-order valence-corrected chi connectivity index (χ4v) is 2.57. The van der Waals surface area contributed by atoms with E-state index in [2.05, 4.69) is 4.98 Å². The average Bonchev–Trinajstić information content (AvgIpc) is 1.99. The number of hydrogen-bond acceptors (Lipinski definition) is 4. The summed E-state index contributed by atoms with van der Waals surface area (Å²) in [4.78, 5) is 3.94. The molecule has 1 rings (SSSR count). The third-order valence-corrected chi connectivity index (χ3v) is 3.15. The molecule has 0 aliphatic heterocycles. The average molecular weight is 236 g/mol. The number of ether oxygens (including phenoxy) is 1. The van der Waals surface area contributed by atoms with Gasteiger partial charge in [0.1, 0.15) is 10.6 Å². The highest BCUT2D eigenvalue weighted by molar-refractivity contribution is 8.13. The summed E-state index contributed by atoms with van der Waals surface area (Å²) in [6.45, 7) is 3.32. The Hall–Kier alpha value is -0.810. The van der Waals surface area contributed by atoms with Crippen LogP contribution in [0.25, 0.3) is 0 Å². The molecule has 78 valence electrons. The minimum atomic E-state index is -3.81. The molecule has 0 radical (unpaired) electrons. The van der Waals surface area contributed by atoms with Crippen molar-refractivity contribution < 1.29 is 13.2 Å². The van der Waals surface area contributed by atoms with Crippen LogP contribution in [0.4, 0.5) is 0 Å². The van der Waals surface area contributed by atoms with Crippen LogP contribution < -0.4 is 4.74 Å². The van der Waals surface area contributed by atoms with Crippen LogP contribution in [-0.2, 0) is 9.05 Å². The summed E-state index contributed by atoms with van der Waals surface area (Å²) in [5.41, 5.74) is 1.03. The van der Waals surface area contributed by atoms with Crippen LogP contribution in [0.5, 0.6) is 5.75 Å². The first kappa shape index (κ1) is 11.3. The molecule has 0 unspecified atom stereocenters. The molecule has 4 nitrogen and oxygen atoms in total. The van der Waals surface area contributed by atoms with E-state index in [1.165, 1.54) is 13.2 Å². The number of methoxy groups -OCH3 is 1.